The number of aromatic nitrogens is 4. The molecule has 0 radical (unpaired) electrons. The SMILES string of the molecule is Cn1cnc2c1c(=O)n(CC1(C#N)CC(OCc3ccccc3)C1)c(=O)n2CC1CCCC1. The largest absolute Gasteiger partial charge is 0.373 e. The Labute approximate surface area is 192 Å². The summed E-state index contributed by atoms with van der Waals surface area (Å²) in [5.41, 5.74) is 0.431. The van der Waals surface area contributed by atoms with Crippen LogP contribution in [-0.4, -0.2) is 24.8 Å². The zero-order valence-electron chi connectivity index (χ0n) is 18.9. The molecule has 0 spiro atoms. The topological polar surface area (TPSA) is 94.8 Å². The van der Waals surface area contributed by atoms with Gasteiger partial charge in [-0.2, -0.15) is 5.26 Å². The van der Waals surface area contributed by atoms with Gasteiger partial charge in [0.1, 0.15) is 0 Å². The van der Waals surface area contributed by atoms with Crippen LogP contribution in [0.4, 0.5) is 0 Å². The summed E-state index contributed by atoms with van der Waals surface area (Å²) in [5.74, 6) is 0.420. The molecule has 1 aromatic carbocycles. The minimum absolute atomic E-state index is 0.0540. The zero-order chi connectivity index (χ0) is 23.0. The molecule has 2 aliphatic rings. The molecule has 0 bridgehead atoms. The van der Waals surface area contributed by atoms with Crippen LogP contribution in [0.2, 0.25) is 0 Å². The average Bonchev–Trinajstić information content (AvgIpc) is 3.45. The molecule has 0 N–H and O–H groups in total. The summed E-state index contributed by atoms with van der Waals surface area (Å²) in [6.07, 6.45) is 7.06. The lowest BCUT2D eigenvalue weighted by molar-refractivity contribution is -0.0718. The monoisotopic (exact) mass is 447 g/mol. The van der Waals surface area contributed by atoms with E-state index in [-0.39, 0.29) is 23.9 Å². The predicted molar refractivity (Wildman–Crippen MR) is 123 cm³/mol. The molecule has 2 aliphatic carbocycles. The summed E-state index contributed by atoms with van der Waals surface area (Å²) in [6, 6.07) is 12.3. The summed E-state index contributed by atoms with van der Waals surface area (Å²) >= 11 is 0. The Morgan fingerprint density at radius 3 is 2.58 bits per heavy atom. The van der Waals surface area contributed by atoms with Crippen LogP contribution in [0.15, 0.2) is 46.2 Å². The smallest absolute Gasteiger partial charge is 0.332 e. The van der Waals surface area contributed by atoms with Crippen LogP contribution in [0.1, 0.15) is 44.1 Å². The molecule has 0 atom stereocenters. The van der Waals surface area contributed by atoms with Gasteiger partial charge in [-0.05, 0) is 37.2 Å². The minimum atomic E-state index is -0.776. The van der Waals surface area contributed by atoms with Gasteiger partial charge in [-0.3, -0.25) is 13.9 Å². The summed E-state index contributed by atoms with van der Waals surface area (Å²) in [5, 5.41) is 9.96. The second-order valence-electron chi connectivity index (χ2n) is 9.68. The van der Waals surface area contributed by atoms with Gasteiger partial charge in [-0.25, -0.2) is 9.78 Å². The molecule has 2 aromatic heterocycles. The van der Waals surface area contributed by atoms with Crippen LogP contribution >= 0.6 is 0 Å². The molecule has 8 heteroatoms. The third-order valence-corrected chi connectivity index (χ3v) is 7.26. The van der Waals surface area contributed by atoms with E-state index in [9.17, 15) is 14.9 Å². The molecule has 5 rings (SSSR count). The lowest BCUT2D eigenvalue weighted by Crippen LogP contribution is -2.50. The van der Waals surface area contributed by atoms with Crippen molar-refractivity contribution in [3.8, 4) is 6.07 Å². The molecule has 33 heavy (non-hydrogen) atoms. The highest BCUT2D eigenvalue weighted by atomic mass is 16.5. The molecular formula is C25H29N5O3. The number of ether oxygens (including phenoxy) is 1. The number of hydrogen-bond acceptors (Lipinski definition) is 5. The van der Waals surface area contributed by atoms with E-state index in [1.807, 2.05) is 30.3 Å². The predicted octanol–water partition coefficient (Wildman–Crippen LogP) is 2.98. The number of nitrogens with zero attached hydrogens (tertiary/aromatic N) is 5. The maximum absolute atomic E-state index is 13.5. The van der Waals surface area contributed by atoms with Gasteiger partial charge in [0.05, 0.1) is 30.5 Å². The number of rotatable bonds is 7. The van der Waals surface area contributed by atoms with E-state index in [2.05, 4.69) is 11.1 Å². The van der Waals surface area contributed by atoms with E-state index >= 15 is 0 Å². The molecule has 0 unspecified atom stereocenters. The van der Waals surface area contributed by atoms with E-state index < -0.39 is 5.41 Å². The van der Waals surface area contributed by atoms with Crippen molar-refractivity contribution in [2.45, 2.75) is 64.3 Å². The normalized spacial score (nSPS) is 23.0. The number of hydrogen-bond donors (Lipinski definition) is 0. The highest BCUT2D eigenvalue weighted by Gasteiger charge is 2.46. The highest BCUT2D eigenvalue weighted by molar-refractivity contribution is 5.69. The summed E-state index contributed by atoms with van der Waals surface area (Å²) in [6.45, 7) is 1.13. The first-order valence-corrected chi connectivity index (χ1v) is 11.7. The van der Waals surface area contributed by atoms with E-state index in [1.165, 1.54) is 17.4 Å². The Bertz CT molecular complexity index is 1300. The Balaban J connectivity index is 1.40. The van der Waals surface area contributed by atoms with Crippen LogP contribution in [0.3, 0.4) is 0 Å². The number of nitriles is 1. The van der Waals surface area contributed by atoms with Gasteiger partial charge < -0.3 is 9.30 Å². The molecule has 0 amide bonds. The highest BCUT2D eigenvalue weighted by Crippen LogP contribution is 2.43. The van der Waals surface area contributed by atoms with Gasteiger partial charge in [-0.15, -0.1) is 0 Å². The average molecular weight is 448 g/mol. The molecule has 0 aliphatic heterocycles. The Morgan fingerprint density at radius 2 is 1.88 bits per heavy atom. The Hall–Kier alpha value is -3.18. The molecule has 2 saturated carbocycles. The van der Waals surface area contributed by atoms with Crippen molar-refractivity contribution in [3.05, 3.63) is 63.1 Å². The van der Waals surface area contributed by atoms with Gasteiger partial charge in [-0.1, -0.05) is 43.2 Å². The van der Waals surface area contributed by atoms with Gasteiger partial charge in [0.15, 0.2) is 11.2 Å². The standard InChI is InChI=1S/C25H29N5O3/c1-28-17-27-22-21(28)23(31)30(24(32)29(22)13-18-7-5-6-8-18)16-25(15-26)11-20(12-25)33-14-19-9-3-2-4-10-19/h2-4,9-10,17-18,20H,5-8,11-14,16H2,1H3. The zero-order valence-corrected chi connectivity index (χ0v) is 18.9. The fraction of sp³-hybridized carbons (Fsp3) is 0.520. The first-order valence-electron chi connectivity index (χ1n) is 11.7. The first-order chi connectivity index (χ1) is 16.0. The second kappa shape index (κ2) is 8.64. The maximum Gasteiger partial charge on any atom is 0.332 e. The van der Waals surface area contributed by atoms with Crippen molar-refractivity contribution >= 4 is 11.2 Å². The quantitative estimate of drug-likeness (QED) is 0.555. The van der Waals surface area contributed by atoms with E-state index in [1.54, 1.807) is 22.5 Å². The van der Waals surface area contributed by atoms with E-state index in [4.69, 9.17) is 4.74 Å². The van der Waals surface area contributed by atoms with Crippen molar-refractivity contribution in [2.24, 2.45) is 18.4 Å². The summed E-state index contributed by atoms with van der Waals surface area (Å²) in [7, 11) is 1.77. The van der Waals surface area contributed by atoms with Crippen molar-refractivity contribution in [1.29, 1.82) is 5.26 Å². The first kappa shape index (κ1) is 21.7. The number of fused-ring (bicyclic) bond motifs is 1. The molecule has 2 heterocycles. The maximum atomic E-state index is 13.5. The van der Waals surface area contributed by atoms with Crippen molar-refractivity contribution in [1.82, 2.24) is 18.7 Å². The van der Waals surface area contributed by atoms with Crippen LogP contribution in [0.25, 0.3) is 11.2 Å². The Kier molecular flexibility index (Phi) is 5.67. The summed E-state index contributed by atoms with van der Waals surface area (Å²) in [4.78, 5) is 31.1. The van der Waals surface area contributed by atoms with Crippen molar-refractivity contribution in [2.75, 3.05) is 0 Å². The third kappa shape index (κ3) is 4.02. The molecule has 2 fully saturated rings. The van der Waals surface area contributed by atoms with E-state index in [0.717, 1.165) is 18.4 Å². The van der Waals surface area contributed by atoms with Crippen molar-refractivity contribution < 1.29 is 4.74 Å². The molecule has 0 saturated heterocycles. The summed E-state index contributed by atoms with van der Waals surface area (Å²) < 4.78 is 10.6. The Morgan fingerprint density at radius 1 is 1.15 bits per heavy atom. The van der Waals surface area contributed by atoms with Crippen LogP contribution in [-0.2, 0) is 31.5 Å². The second-order valence-corrected chi connectivity index (χ2v) is 9.68. The lowest BCUT2D eigenvalue weighted by Gasteiger charge is -2.42. The molecule has 3 aromatic rings. The van der Waals surface area contributed by atoms with Gasteiger partial charge >= 0.3 is 5.69 Å². The lowest BCUT2D eigenvalue weighted by atomic mass is 9.67. The fourth-order valence-electron chi connectivity index (χ4n) is 5.34. The third-order valence-electron chi connectivity index (χ3n) is 7.26. The van der Waals surface area contributed by atoms with E-state index in [0.29, 0.717) is 43.1 Å². The van der Waals surface area contributed by atoms with Crippen LogP contribution < -0.4 is 11.2 Å². The van der Waals surface area contributed by atoms with Crippen LogP contribution in [0.5, 0.6) is 0 Å². The number of benzene rings is 1. The van der Waals surface area contributed by atoms with Gasteiger partial charge in [0.2, 0.25) is 0 Å². The molecule has 8 nitrogen and oxygen atoms in total. The molecular weight excluding hydrogens is 418 g/mol. The molecule has 172 valence electrons. The fourth-order valence-corrected chi connectivity index (χ4v) is 5.34. The minimum Gasteiger partial charge on any atom is -0.373 e. The van der Waals surface area contributed by atoms with Crippen LogP contribution in [0, 0.1) is 22.7 Å². The van der Waals surface area contributed by atoms with Gasteiger partial charge in [0.25, 0.3) is 5.56 Å². The number of imidazole rings is 1. The van der Waals surface area contributed by atoms with Gasteiger partial charge in [0, 0.05) is 20.1 Å². The van der Waals surface area contributed by atoms with Crippen molar-refractivity contribution in [3.63, 3.8) is 0 Å². The number of aryl methyl sites for hydroxylation is 1.